The van der Waals surface area contributed by atoms with Crippen molar-refractivity contribution in [1.82, 2.24) is 9.88 Å². The van der Waals surface area contributed by atoms with Gasteiger partial charge in [0, 0.05) is 38.3 Å². The highest BCUT2D eigenvalue weighted by Crippen LogP contribution is 2.41. The molecule has 0 N–H and O–H groups in total. The Morgan fingerprint density at radius 1 is 0.976 bits per heavy atom. The van der Waals surface area contributed by atoms with Gasteiger partial charge in [-0.1, -0.05) is 30.3 Å². The molecule has 1 aromatic heterocycles. The molecular weight excluding hydrogens is 557 g/mol. The van der Waals surface area contributed by atoms with Crippen LogP contribution in [0.3, 0.4) is 0 Å². The van der Waals surface area contributed by atoms with Crippen molar-refractivity contribution in [1.29, 1.82) is 0 Å². The van der Waals surface area contributed by atoms with Gasteiger partial charge in [0.15, 0.2) is 15.9 Å². The first-order valence-electron chi connectivity index (χ1n) is 13.4. The molecule has 218 valence electrons. The molecular formula is C30H31F3N2O5S. The highest BCUT2D eigenvalue weighted by molar-refractivity contribution is 7.89. The van der Waals surface area contributed by atoms with Crippen LogP contribution in [0.25, 0.3) is 11.1 Å². The van der Waals surface area contributed by atoms with Crippen molar-refractivity contribution in [3.63, 3.8) is 0 Å². The second-order valence-electron chi connectivity index (χ2n) is 10.7. The Kier molecular flexibility index (Phi) is 8.00. The molecule has 7 nitrogen and oxygen atoms in total. The summed E-state index contributed by atoms with van der Waals surface area (Å²) in [4.78, 5) is 17.4. The van der Waals surface area contributed by atoms with E-state index in [-0.39, 0.29) is 24.6 Å². The van der Waals surface area contributed by atoms with Gasteiger partial charge in [-0.25, -0.2) is 13.2 Å². The largest absolute Gasteiger partial charge is 0.487 e. The van der Waals surface area contributed by atoms with Gasteiger partial charge < -0.3 is 14.4 Å². The van der Waals surface area contributed by atoms with Gasteiger partial charge in [-0.3, -0.25) is 4.98 Å². The highest BCUT2D eigenvalue weighted by Gasteiger charge is 2.43. The number of amides is 1. The number of fused-ring (bicyclic) bond motifs is 1. The van der Waals surface area contributed by atoms with Crippen LogP contribution in [0.5, 0.6) is 5.75 Å². The summed E-state index contributed by atoms with van der Waals surface area (Å²) >= 11 is 0. The molecule has 2 aromatic carbocycles. The van der Waals surface area contributed by atoms with E-state index in [1.165, 1.54) is 4.90 Å². The Bertz CT molecular complexity index is 1490. The summed E-state index contributed by atoms with van der Waals surface area (Å²) in [5, 5.41) is 0. The van der Waals surface area contributed by atoms with Crippen molar-refractivity contribution in [2.24, 2.45) is 0 Å². The van der Waals surface area contributed by atoms with Crippen molar-refractivity contribution in [2.75, 3.05) is 13.1 Å². The number of carbonyl (C=O) groups is 1. The lowest BCUT2D eigenvalue weighted by atomic mass is 9.82. The quantitative estimate of drug-likeness (QED) is 0.346. The minimum Gasteiger partial charge on any atom is -0.487 e. The summed E-state index contributed by atoms with van der Waals surface area (Å²) in [6.07, 6.45) is -2.02. The molecule has 0 saturated carbocycles. The van der Waals surface area contributed by atoms with Crippen LogP contribution in [0.15, 0.2) is 67.0 Å². The minimum absolute atomic E-state index is 0.0387. The normalized spacial score (nSPS) is 17.4. The van der Waals surface area contributed by atoms with E-state index < -0.39 is 33.8 Å². The number of piperidine rings is 1. The number of rotatable bonds is 6. The molecule has 5 rings (SSSR count). The van der Waals surface area contributed by atoms with Crippen LogP contribution >= 0.6 is 0 Å². The lowest BCUT2D eigenvalue weighted by Gasteiger charge is -2.44. The van der Waals surface area contributed by atoms with Crippen molar-refractivity contribution in [3.05, 3.63) is 83.7 Å². The van der Waals surface area contributed by atoms with E-state index in [2.05, 4.69) is 15.8 Å². The van der Waals surface area contributed by atoms with E-state index in [4.69, 9.17) is 4.74 Å². The summed E-state index contributed by atoms with van der Waals surface area (Å²) in [5.74, 6) is 0.676. The van der Waals surface area contributed by atoms with Crippen molar-refractivity contribution < 1.29 is 35.9 Å². The number of hydrogen-bond acceptors (Lipinski definition) is 6. The van der Waals surface area contributed by atoms with E-state index in [0.717, 1.165) is 42.2 Å². The predicted octanol–water partition coefficient (Wildman–Crippen LogP) is 6.11. The number of nitrogens with zero attached hydrogens (tertiary/aromatic N) is 2. The Morgan fingerprint density at radius 3 is 2.22 bits per heavy atom. The van der Waals surface area contributed by atoms with Crippen LogP contribution < -0.4 is 4.74 Å². The van der Waals surface area contributed by atoms with Gasteiger partial charge in [0.05, 0.1) is 11.5 Å². The highest BCUT2D eigenvalue weighted by atomic mass is 32.2. The van der Waals surface area contributed by atoms with Crippen LogP contribution in [0.4, 0.5) is 18.0 Å². The molecule has 1 fully saturated rings. The molecule has 0 bridgehead atoms. The Labute approximate surface area is 237 Å². The fourth-order valence-electron chi connectivity index (χ4n) is 5.27. The number of aryl methyl sites for hydroxylation is 1. The molecule has 2 aliphatic heterocycles. The summed E-state index contributed by atoms with van der Waals surface area (Å²) in [6.45, 7) is 1.35. The summed E-state index contributed by atoms with van der Waals surface area (Å²) in [6, 6.07) is 16.8. The molecule has 1 spiro atoms. The van der Waals surface area contributed by atoms with Crippen LogP contribution in [0, 0.1) is 0 Å². The van der Waals surface area contributed by atoms with Gasteiger partial charge in [0.2, 0.25) is 0 Å². The number of hydrogen-bond donors (Lipinski definition) is 0. The topological polar surface area (TPSA) is 85.8 Å². The fraction of sp³-hybridized carbons (Fsp3) is 0.400. The van der Waals surface area contributed by atoms with Crippen LogP contribution in [-0.2, 0) is 32.5 Å². The average Bonchev–Trinajstić information content (AvgIpc) is 2.93. The maximum Gasteiger partial charge on any atom is 0.425 e. The number of alkyl halides is 3. The molecule has 0 radical (unpaired) electrons. The third kappa shape index (κ3) is 7.01. The first-order chi connectivity index (χ1) is 19.4. The summed E-state index contributed by atoms with van der Waals surface area (Å²) in [7, 11) is -3.33. The van der Waals surface area contributed by atoms with Crippen molar-refractivity contribution in [2.45, 2.75) is 62.0 Å². The third-order valence-corrected chi connectivity index (χ3v) is 9.26. The van der Waals surface area contributed by atoms with Gasteiger partial charge in [0.25, 0.3) is 0 Å². The maximum atomic E-state index is 12.7. The molecule has 2 aliphatic rings. The second kappa shape index (κ2) is 11.3. The van der Waals surface area contributed by atoms with Crippen LogP contribution in [0.1, 0.15) is 42.9 Å². The Hall–Kier alpha value is -3.60. The van der Waals surface area contributed by atoms with E-state index in [1.807, 2.05) is 36.4 Å². The van der Waals surface area contributed by atoms with Gasteiger partial charge >= 0.3 is 12.3 Å². The lowest BCUT2D eigenvalue weighted by molar-refractivity contribution is -0.200. The minimum atomic E-state index is -4.59. The molecule has 1 amide bonds. The SMILES string of the molecule is CC(OC(=O)N1CCC2(CCc3cc(-c4ccc(CS(=O)(=O)Cc5ccncc5)cc4)ccc3O2)CC1)C(F)(F)F. The number of ether oxygens (including phenoxy) is 2. The Balaban J connectivity index is 1.19. The number of pyridine rings is 1. The van der Waals surface area contributed by atoms with Gasteiger partial charge in [-0.05, 0) is 71.8 Å². The first-order valence-corrected chi connectivity index (χ1v) is 15.3. The number of aromatic nitrogens is 1. The van der Waals surface area contributed by atoms with E-state index in [9.17, 15) is 26.4 Å². The molecule has 3 aromatic rings. The Morgan fingerprint density at radius 2 is 1.59 bits per heavy atom. The van der Waals surface area contributed by atoms with Gasteiger partial charge in [-0.15, -0.1) is 0 Å². The van der Waals surface area contributed by atoms with Gasteiger partial charge in [-0.2, -0.15) is 13.2 Å². The molecule has 3 heterocycles. The fourth-order valence-corrected chi connectivity index (χ4v) is 6.78. The zero-order valence-corrected chi connectivity index (χ0v) is 23.4. The first kappa shape index (κ1) is 28.9. The van der Waals surface area contributed by atoms with Crippen molar-refractivity contribution in [3.8, 4) is 16.9 Å². The molecule has 11 heteroatoms. The third-order valence-electron chi connectivity index (χ3n) is 7.72. The van der Waals surface area contributed by atoms with Crippen molar-refractivity contribution >= 4 is 15.9 Å². The van der Waals surface area contributed by atoms with Crippen LogP contribution in [-0.4, -0.2) is 55.4 Å². The standard InChI is InChI=1S/C30H31F3N2O5S/c1-21(30(31,32)33)39-28(36)35-16-12-29(13-17-35)11-8-26-18-25(6-7-27(26)40-29)24-4-2-22(3-5-24)19-41(37,38)20-23-9-14-34-15-10-23/h2-7,9-10,14-15,18,21H,8,11-13,16-17,19-20H2,1H3. The summed E-state index contributed by atoms with van der Waals surface area (Å²) < 4.78 is 74.5. The number of carbonyl (C=O) groups excluding carboxylic acids is 1. The number of likely N-dealkylation sites (tertiary alicyclic amines) is 1. The smallest absolute Gasteiger partial charge is 0.425 e. The lowest BCUT2D eigenvalue weighted by Crippen LogP contribution is -2.52. The molecule has 1 unspecified atom stereocenters. The van der Waals surface area contributed by atoms with Crippen LogP contribution in [0.2, 0.25) is 0 Å². The van der Waals surface area contributed by atoms with E-state index in [0.29, 0.717) is 24.0 Å². The molecule has 1 atom stereocenters. The average molecular weight is 589 g/mol. The molecule has 1 saturated heterocycles. The number of sulfone groups is 1. The zero-order chi connectivity index (χ0) is 29.3. The van der Waals surface area contributed by atoms with Gasteiger partial charge in [0.1, 0.15) is 11.4 Å². The second-order valence-corrected chi connectivity index (χ2v) is 12.8. The van der Waals surface area contributed by atoms with E-state index >= 15 is 0 Å². The zero-order valence-electron chi connectivity index (χ0n) is 22.6. The molecule has 0 aliphatic carbocycles. The van der Waals surface area contributed by atoms with E-state index in [1.54, 1.807) is 24.5 Å². The predicted molar refractivity (Wildman–Crippen MR) is 147 cm³/mol. The number of benzene rings is 2. The summed E-state index contributed by atoms with van der Waals surface area (Å²) in [5.41, 5.74) is 3.96. The number of halogens is 3. The monoisotopic (exact) mass is 588 g/mol. The molecule has 41 heavy (non-hydrogen) atoms. The maximum absolute atomic E-state index is 12.7.